The number of nitrogens with one attached hydrogen (secondary N) is 3. The molecule has 0 aliphatic heterocycles. The van der Waals surface area contributed by atoms with Crippen LogP contribution in [0.25, 0.3) is 0 Å². The molecule has 10 aliphatic rings. The minimum Gasteiger partial charge on any atom is -0.443 e. The van der Waals surface area contributed by atoms with E-state index in [0.717, 1.165) is 11.1 Å². The molecule has 10 rings (SSSR count). The number of hydrogen-bond donors (Lipinski definition) is 3. The zero-order valence-electron chi connectivity index (χ0n) is 56.7. The molecule has 492 valence electrons. The van der Waals surface area contributed by atoms with Gasteiger partial charge < -0.3 is 9.47 Å². The van der Waals surface area contributed by atoms with E-state index < -0.39 is 119 Å². The number of fused-ring (bicyclic) bond motifs is 14. The average Bonchev–Trinajstić information content (AvgIpc) is 0.678. The summed E-state index contributed by atoms with van der Waals surface area (Å²) in [6.45, 7) is 35.8. The van der Waals surface area contributed by atoms with Crippen molar-refractivity contribution in [1.29, 1.82) is 10.5 Å². The minimum absolute atomic E-state index is 0.0668. The van der Waals surface area contributed by atoms with Crippen LogP contribution in [-0.4, -0.2) is 74.7 Å². The molecule has 0 spiro atoms. The summed E-state index contributed by atoms with van der Waals surface area (Å²) < 4.78 is 54.6. The van der Waals surface area contributed by atoms with Crippen LogP contribution in [0.3, 0.4) is 0 Å². The van der Waals surface area contributed by atoms with E-state index >= 15 is 14.4 Å². The number of carbonyl (C=O) groups excluding carboxylic acids is 7. The van der Waals surface area contributed by atoms with Crippen molar-refractivity contribution in [2.24, 2.45) is 89.7 Å². The van der Waals surface area contributed by atoms with Crippen LogP contribution in [0, 0.1) is 112 Å². The van der Waals surface area contributed by atoms with Gasteiger partial charge in [-0.25, -0.2) is 25.4 Å². The van der Waals surface area contributed by atoms with E-state index in [-0.39, 0.29) is 51.5 Å². The van der Waals surface area contributed by atoms with Crippen molar-refractivity contribution in [3.05, 3.63) is 46.6 Å². The molecule has 0 heterocycles. The Balaban J connectivity index is 0.972. The summed E-state index contributed by atoms with van der Waals surface area (Å²) in [6.07, 6.45) is 8.28. The summed E-state index contributed by atoms with van der Waals surface area (Å²) in [4.78, 5) is 101. The van der Waals surface area contributed by atoms with Crippen molar-refractivity contribution in [3.8, 4) is 12.1 Å². The third kappa shape index (κ3) is 9.85. The topological polar surface area (TPSA) is 225 Å². The third-order valence-electron chi connectivity index (χ3n) is 27.1. The number of rotatable bonds is 7. The van der Waals surface area contributed by atoms with Crippen LogP contribution in [0.2, 0.25) is 0 Å². The molecule has 0 bridgehead atoms. The Morgan fingerprint density at radius 2 is 1.09 bits per heavy atom. The van der Waals surface area contributed by atoms with E-state index in [1.807, 2.05) is 66.0 Å². The summed E-state index contributed by atoms with van der Waals surface area (Å²) in [5.41, 5.74) is -1.24. The fraction of sp³-hybridized carbons (Fsp3) is 0.764. The van der Waals surface area contributed by atoms with Gasteiger partial charge in [-0.1, -0.05) is 113 Å². The lowest BCUT2D eigenvalue weighted by atomic mass is 9.35. The van der Waals surface area contributed by atoms with Crippen molar-refractivity contribution in [1.82, 2.24) is 21.3 Å². The van der Waals surface area contributed by atoms with E-state index in [1.165, 1.54) is 5.01 Å². The van der Waals surface area contributed by atoms with Crippen LogP contribution in [0.1, 0.15) is 227 Å². The van der Waals surface area contributed by atoms with Crippen molar-refractivity contribution < 1.29 is 56.2 Å². The van der Waals surface area contributed by atoms with Crippen molar-refractivity contribution >= 4 is 41.2 Å². The summed E-state index contributed by atoms with van der Waals surface area (Å²) in [5.74, 6) is -5.48. The Morgan fingerprint density at radius 1 is 0.622 bits per heavy atom. The molecular formula is C72H99F3N6O9. The second-order valence-corrected chi connectivity index (χ2v) is 35.1. The predicted octanol–water partition coefficient (Wildman–Crippen LogP) is 14.5. The number of alkyl halides is 3. The fourth-order valence-electron chi connectivity index (χ4n) is 21.9. The largest absolute Gasteiger partial charge is 0.472 e. The molecule has 18 heteroatoms. The molecule has 0 aromatic rings. The maximum Gasteiger partial charge on any atom is 0.472 e. The first-order chi connectivity index (χ1) is 41.1. The number of halogens is 3. The highest BCUT2D eigenvalue weighted by Crippen LogP contribution is 2.76. The number of carbonyl (C=O) groups is 7. The lowest BCUT2D eigenvalue weighted by Gasteiger charge is -2.69. The molecule has 0 saturated heterocycles. The van der Waals surface area contributed by atoms with Crippen molar-refractivity contribution in [2.75, 3.05) is 0 Å². The molecule has 6 saturated carbocycles. The molecule has 0 aromatic heterocycles. The summed E-state index contributed by atoms with van der Waals surface area (Å²) in [6, 6.07) is 4.34. The monoisotopic (exact) mass is 1250 g/mol. The Morgan fingerprint density at radius 3 is 1.57 bits per heavy atom. The second-order valence-electron chi connectivity index (χ2n) is 35.1. The lowest BCUT2D eigenvalue weighted by Crippen LogP contribution is -2.73. The van der Waals surface area contributed by atoms with E-state index in [9.17, 15) is 42.9 Å². The van der Waals surface area contributed by atoms with Crippen LogP contribution in [-0.2, 0) is 33.4 Å². The number of hydrazine groups is 2. The van der Waals surface area contributed by atoms with Crippen molar-refractivity contribution in [2.45, 2.75) is 256 Å². The first-order valence-electron chi connectivity index (χ1n) is 33.1. The van der Waals surface area contributed by atoms with Gasteiger partial charge in [-0.2, -0.15) is 23.7 Å². The summed E-state index contributed by atoms with van der Waals surface area (Å²) in [5, 5.41) is 22.0. The van der Waals surface area contributed by atoms with Gasteiger partial charge in [0.15, 0.2) is 23.1 Å². The van der Waals surface area contributed by atoms with Crippen molar-refractivity contribution in [3.63, 3.8) is 0 Å². The highest BCUT2D eigenvalue weighted by atomic mass is 19.4. The molecular weight excluding hydrogens is 1150 g/mol. The molecule has 15 nitrogen and oxygen atoms in total. The standard InChI is InChI=1S/C72H99F3N6O9/c1-58(2,3)89-56(87)79-81(71-31-23-59(4,5)37-44(71)52-46(83)34-50-65(14)36-42(40-77)54(85)62(10,11)48(65)20-22-67(50,16)69(52,18)28-32-71)57(88)90-60(6,7)24-25-63(12)26-29-70(80-78-55(86)72(73,74)75)30-27-68(17)51(43(70)38-63)45(82)33-49-64(13)35-41(39-76)53(84)61(8,9)47(64)19-21-66(49,68)15/h33-36,43-44,47-48,51-52,80H,19-32,37-38H2,1-18H3,(H,78,86)(H,79,87)/t43-,44-,47-,48-,51-,52-,63?,64-,65-,66+,67+,68+,69+,70-,71-/m0/s1. The van der Waals surface area contributed by atoms with Gasteiger partial charge in [0.25, 0.3) is 0 Å². The molecule has 10 aliphatic carbocycles. The Bertz CT molecular complexity index is 3370. The zero-order chi connectivity index (χ0) is 67.0. The summed E-state index contributed by atoms with van der Waals surface area (Å²) in [7, 11) is 0. The van der Waals surface area contributed by atoms with Gasteiger partial charge in [-0.3, -0.25) is 29.4 Å². The average molecular weight is 1250 g/mol. The molecule has 90 heavy (non-hydrogen) atoms. The molecule has 1 unspecified atom stereocenters. The number of ether oxygens (including phenoxy) is 2. The molecule has 3 N–H and O–H groups in total. The van der Waals surface area contributed by atoms with Gasteiger partial charge in [0.2, 0.25) is 0 Å². The lowest BCUT2D eigenvalue weighted by molar-refractivity contribution is -0.181. The first-order valence-corrected chi connectivity index (χ1v) is 33.1. The fourth-order valence-corrected chi connectivity index (χ4v) is 21.9. The van der Waals surface area contributed by atoms with Gasteiger partial charge in [0, 0.05) is 39.0 Å². The third-order valence-corrected chi connectivity index (χ3v) is 27.1. The van der Waals surface area contributed by atoms with E-state index in [2.05, 4.69) is 78.4 Å². The Kier molecular flexibility index (Phi) is 15.5. The van der Waals surface area contributed by atoms with Crippen LogP contribution >= 0.6 is 0 Å². The SMILES string of the molecule is CC1(C)CC[C@]2(N(NC(=O)OC(C)(C)C)C(=O)OC(C)(C)CCC3(C)CC[C@]4(NNC(=O)C(F)(F)F)CC[C@]5(C)[C@H](C(=O)C=C6[C@@]7(C)C=C(C#N)C(=O)C(C)(C)[C@@H]7CC[C@]65C)[C@@H]4C3)CC[C@]3(C)[C@H](C(=O)C=C4[C@@]5(C)C=C(C#N)C(=O)C(C)(C)[C@@H]5CC[C@]43C)[C@@H]2C1. The van der Waals surface area contributed by atoms with E-state index in [1.54, 1.807) is 32.9 Å². The number of hydrogen-bond acceptors (Lipinski definition) is 12. The van der Waals surface area contributed by atoms with Gasteiger partial charge in [-0.15, -0.1) is 0 Å². The first kappa shape index (κ1) is 67.3. The Hall–Kier alpha value is -5.62. The number of nitriles is 2. The van der Waals surface area contributed by atoms with E-state index in [4.69, 9.17) is 9.47 Å². The highest BCUT2D eigenvalue weighted by Gasteiger charge is 2.73. The molecule has 3 amide bonds. The second kappa shape index (κ2) is 20.7. The maximum absolute atomic E-state index is 15.7. The smallest absolute Gasteiger partial charge is 0.443 e. The normalized spacial score (nSPS) is 41.4. The maximum atomic E-state index is 15.7. The van der Waals surface area contributed by atoms with Gasteiger partial charge in [0.05, 0.1) is 16.7 Å². The molecule has 0 radical (unpaired) electrons. The molecule has 0 aromatic carbocycles. The number of allylic oxidation sites excluding steroid dienone is 8. The minimum atomic E-state index is -5.17. The van der Waals surface area contributed by atoms with Crippen LogP contribution in [0.4, 0.5) is 22.8 Å². The number of amides is 3. The Labute approximate surface area is 531 Å². The summed E-state index contributed by atoms with van der Waals surface area (Å²) >= 11 is 0. The molecule has 15 atom stereocenters. The van der Waals surface area contributed by atoms with Gasteiger partial charge in [-0.05, 0) is 206 Å². The van der Waals surface area contributed by atoms with Crippen LogP contribution < -0.4 is 16.3 Å². The van der Waals surface area contributed by atoms with E-state index in [0.29, 0.717) is 103 Å². The number of Topliss-reactive ketones (excluding diaryl/α,β-unsaturated/α-hetero) is 2. The van der Waals surface area contributed by atoms with Crippen LogP contribution in [0.15, 0.2) is 46.6 Å². The highest BCUT2D eigenvalue weighted by molar-refractivity contribution is 6.05. The predicted molar refractivity (Wildman–Crippen MR) is 331 cm³/mol. The van der Waals surface area contributed by atoms with Gasteiger partial charge in [0.1, 0.15) is 23.3 Å². The number of ketones is 4. The van der Waals surface area contributed by atoms with Gasteiger partial charge >= 0.3 is 24.3 Å². The number of nitrogens with zero attached hydrogens (tertiary/aromatic N) is 3. The molecule has 6 fully saturated rings. The van der Waals surface area contributed by atoms with Crippen LogP contribution in [0.5, 0.6) is 0 Å². The zero-order valence-corrected chi connectivity index (χ0v) is 56.7. The quantitative estimate of drug-likeness (QED) is 0.202.